The highest BCUT2D eigenvalue weighted by Gasteiger charge is 2.33. The minimum absolute atomic E-state index is 0.220. The number of carbonyl (C=O) groups is 1. The number of aromatic carboxylic acids is 1. The SMILES string of the molecule is COCCCOc1cc2c(c3c1OCC3)-c1cc(=O)c(C(=O)O)cn1[C@H](c1nccs1)CO2. The molecular weight excluding hydrogens is 448 g/mol. The van der Waals surface area contributed by atoms with Crippen molar-refractivity contribution in [1.29, 1.82) is 0 Å². The fourth-order valence-electron chi connectivity index (χ4n) is 4.21. The summed E-state index contributed by atoms with van der Waals surface area (Å²) in [4.78, 5) is 28.8. The van der Waals surface area contributed by atoms with Crippen LogP contribution < -0.4 is 19.6 Å². The summed E-state index contributed by atoms with van der Waals surface area (Å²) in [5.74, 6) is 0.507. The van der Waals surface area contributed by atoms with Gasteiger partial charge in [-0.1, -0.05) is 0 Å². The van der Waals surface area contributed by atoms with Crippen molar-refractivity contribution in [2.45, 2.75) is 18.9 Å². The number of pyridine rings is 1. The van der Waals surface area contributed by atoms with Crippen LogP contribution in [0.25, 0.3) is 11.3 Å². The Labute approximate surface area is 193 Å². The van der Waals surface area contributed by atoms with Crippen LogP contribution in [0.1, 0.15) is 33.4 Å². The number of nitrogens with zero attached hydrogens (tertiary/aromatic N) is 2. The van der Waals surface area contributed by atoms with Gasteiger partial charge >= 0.3 is 5.97 Å². The van der Waals surface area contributed by atoms with Gasteiger partial charge in [0.1, 0.15) is 29.0 Å². The molecule has 2 aliphatic heterocycles. The second kappa shape index (κ2) is 8.87. The second-order valence-electron chi connectivity index (χ2n) is 7.69. The number of thiazole rings is 1. The third kappa shape index (κ3) is 3.85. The number of aromatic nitrogens is 2. The smallest absolute Gasteiger partial charge is 0.341 e. The zero-order valence-corrected chi connectivity index (χ0v) is 18.7. The standard InChI is InChI=1S/C23H22N2O7S/c1-29-5-2-6-30-19-10-18-20(13-3-7-31-21(13)19)15-9-17(26)14(23(27)28)11-25(15)16(12-32-18)22-24-4-8-33-22/h4,8-11,16H,2-3,5-7,12H2,1H3,(H,27,28)/t16-/m0/s1. The summed E-state index contributed by atoms with van der Waals surface area (Å²) in [5, 5.41) is 12.2. The summed E-state index contributed by atoms with van der Waals surface area (Å²) in [7, 11) is 1.64. The molecular formula is C23H22N2O7S. The first kappa shape index (κ1) is 21.5. The molecule has 0 saturated carbocycles. The van der Waals surface area contributed by atoms with Gasteiger partial charge in [0, 0.05) is 67.6 Å². The Balaban J connectivity index is 1.68. The molecule has 4 heterocycles. The molecule has 2 aliphatic rings. The summed E-state index contributed by atoms with van der Waals surface area (Å²) < 4.78 is 25.0. The molecule has 0 amide bonds. The van der Waals surface area contributed by atoms with Crippen molar-refractivity contribution in [3.8, 4) is 28.5 Å². The topological polar surface area (TPSA) is 109 Å². The van der Waals surface area contributed by atoms with Crippen molar-refractivity contribution in [2.75, 3.05) is 33.5 Å². The largest absolute Gasteiger partial charge is 0.490 e. The lowest BCUT2D eigenvalue weighted by atomic mass is 9.98. The minimum Gasteiger partial charge on any atom is -0.490 e. The molecule has 1 atom stereocenters. The number of methoxy groups -OCH3 is 1. The van der Waals surface area contributed by atoms with Crippen LogP contribution in [0.15, 0.2) is 34.7 Å². The summed E-state index contributed by atoms with van der Waals surface area (Å²) >= 11 is 1.45. The molecule has 0 saturated heterocycles. The number of ether oxygens (including phenoxy) is 4. The van der Waals surface area contributed by atoms with Crippen molar-refractivity contribution < 1.29 is 28.8 Å². The van der Waals surface area contributed by atoms with Crippen LogP contribution in [0, 0.1) is 0 Å². The van der Waals surface area contributed by atoms with Gasteiger partial charge in [-0.15, -0.1) is 11.3 Å². The molecule has 0 unspecified atom stereocenters. The third-order valence-corrected chi connectivity index (χ3v) is 6.57. The highest BCUT2D eigenvalue weighted by Crippen LogP contribution is 2.49. The summed E-state index contributed by atoms with van der Waals surface area (Å²) in [6.45, 7) is 1.75. The van der Waals surface area contributed by atoms with E-state index in [1.165, 1.54) is 23.6 Å². The van der Waals surface area contributed by atoms with Gasteiger partial charge in [-0.05, 0) is 0 Å². The fraction of sp³-hybridized carbons (Fsp3) is 0.348. The Morgan fingerprint density at radius 1 is 1.33 bits per heavy atom. The van der Waals surface area contributed by atoms with Crippen molar-refractivity contribution >= 4 is 17.3 Å². The molecule has 0 radical (unpaired) electrons. The molecule has 0 spiro atoms. The average Bonchev–Trinajstić information content (AvgIpc) is 3.47. The maximum atomic E-state index is 12.7. The number of carboxylic acids is 1. The maximum absolute atomic E-state index is 12.7. The van der Waals surface area contributed by atoms with Crippen LogP contribution in [-0.4, -0.2) is 54.2 Å². The van der Waals surface area contributed by atoms with Crippen LogP contribution in [0.4, 0.5) is 0 Å². The Bertz CT molecular complexity index is 1250. The molecule has 33 heavy (non-hydrogen) atoms. The van der Waals surface area contributed by atoms with Crippen LogP contribution >= 0.6 is 11.3 Å². The van der Waals surface area contributed by atoms with E-state index in [1.807, 2.05) is 5.38 Å². The molecule has 0 fully saturated rings. The predicted molar refractivity (Wildman–Crippen MR) is 120 cm³/mol. The van der Waals surface area contributed by atoms with Gasteiger partial charge in [0.25, 0.3) is 0 Å². The molecule has 0 aliphatic carbocycles. The van der Waals surface area contributed by atoms with E-state index < -0.39 is 17.4 Å². The Morgan fingerprint density at radius 3 is 2.97 bits per heavy atom. The fourth-order valence-corrected chi connectivity index (χ4v) is 4.94. The van der Waals surface area contributed by atoms with Crippen LogP contribution in [0.5, 0.6) is 17.2 Å². The van der Waals surface area contributed by atoms with Crippen LogP contribution in [0.3, 0.4) is 0 Å². The normalized spacial score (nSPS) is 16.1. The first-order chi connectivity index (χ1) is 16.1. The van der Waals surface area contributed by atoms with Gasteiger partial charge in [-0.3, -0.25) is 4.79 Å². The molecule has 0 bridgehead atoms. The van der Waals surface area contributed by atoms with E-state index in [4.69, 9.17) is 18.9 Å². The molecule has 10 heteroatoms. The predicted octanol–water partition coefficient (Wildman–Crippen LogP) is 3.00. The lowest BCUT2D eigenvalue weighted by molar-refractivity contribution is 0.0694. The quantitative estimate of drug-likeness (QED) is 0.525. The number of hydrogen-bond donors (Lipinski definition) is 1. The number of carboxylic acid groups (broad SMARTS) is 1. The Hall–Kier alpha value is -3.37. The van der Waals surface area contributed by atoms with Crippen molar-refractivity contribution in [2.24, 2.45) is 0 Å². The van der Waals surface area contributed by atoms with E-state index in [9.17, 15) is 14.7 Å². The van der Waals surface area contributed by atoms with E-state index >= 15 is 0 Å². The zero-order chi connectivity index (χ0) is 22.9. The van der Waals surface area contributed by atoms with Crippen LogP contribution in [-0.2, 0) is 11.2 Å². The number of fused-ring (bicyclic) bond motifs is 5. The molecule has 1 N–H and O–H groups in total. The molecule has 3 aromatic rings. The summed E-state index contributed by atoms with van der Waals surface area (Å²) in [5.41, 5.74) is 1.32. The van der Waals surface area contributed by atoms with E-state index in [0.29, 0.717) is 49.2 Å². The molecule has 2 aromatic heterocycles. The van der Waals surface area contributed by atoms with E-state index in [0.717, 1.165) is 22.6 Å². The molecule has 1 aromatic carbocycles. The first-order valence-electron chi connectivity index (χ1n) is 10.5. The summed E-state index contributed by atoms with van der Waals surface area (Å²) in [6.07, 6.45) is 4.43. The maximum Gasteiger partial charge on any atom is 0.341 e. The van der Waals surface area contributed by atoms with E-state index in [2.05, 4.69) is 4.98 Å². The Kier molecular flexibility index (Phi) is 5.77. The summed E-state index contributed by atoms with van der Waals surface area (Å²) in [6, 6.07) is 2.77. The second-order valence-corrected chi connectivity index (χ2v) is 8.62. The van der Waals surface area contributed by atoms with Gasteiger partial charge in [0.15, 0.2) is 16.9 Å². The number of rotatable bonds is 7. The van der Waals surface area contributed by atoms with Crippen molar-refractivity contribution in [1.82, 2.24) is 9.55 Å². The first-order valence-corrected chi connectivity index (χ1v) is 11.4. The van der Waals surface area contributed by atoms with Crippen molar-refractivity contribution in [3.05, 3.63) is 56.3 Å². The average molecular weight is 471 g/mol. The lowest BCUT2D eigenvalue weighted by Gasteiger charge is -2.20. The molecule has 172 valence electrons. The van der Waals surface area contributed by atoms with Gasteiger partial charge in [0.2, 0.25) is 0 Å². The van der Waals surface area contributed by atoms with Gasteiger partial charge in [0.05, 0.1) is 18.9 Å². The highest BCUT2D eigenvalue weighted by atomic mass is 32.1. The molecule has 5 rings (SSSR count). The Morgan fingerprint density at radius 2 is 2.21 bits per heavy atom. The van der Waals surface area contributed by atoms with Gasteiger partial charge in [-0.2, -0.15) is 0 Å². The van der Waals surface area contributed by atoms with E-state index in [-0.39, 0.29) is 12.2 Å². The lowest BCUT2D eigenvalue weighted by Crippen LogP contribution is -2.23. The number of hydrogen-bond acceptors (Lipinski definition) is 8. The van der Waals surface area contributed by atoms with Crippen molar-refractivity contribution in [3.63, 3.8) is 0 Å². The van der Waals surface area contributed by atoms with E-state index in [1.54, 1.807) is 23.9 Å². The minimum atomic E-state index is -1.27. The van der Waals surface area contributed by atoms with Gasteiger partial charge in [-0.25, -0.2) is 9.78 Å². The molecule has 9 nitrogen and oxygen atoms in total. The van der Waals surface area contributed by atoms with Gasteiger partial charge < -0.3 is 28.6 Å². The highest BCUT2D eigenvalue weighted by molar-refractivity contribution is 7.09. The van der Waals surface area contributed by atoms with Crippen LogP contribution in [0.2, 0.25) is 0 Å². The zero-order valence-electron chi connectivity index (χ0n) is 17.9. The third-order valence-electron chi connectivity index (χ3n) is 5.69. The number of benzene rings is 1. The monoisotopic (exact) mass is 470 g/mol.